The molecule has 0 aromatic rings. The fourth-order valence-corrected chi connectivity index (χ4v) is 16.0. The van der Waals surface area contributed by atoms with Crippen molar-refractivity contribution in [3.8, 4) is 0 Å². The molecule has 0 aromatic carbocycles. The van der Waals surface area contributed by atoms with Gasteiger partial charge in [-0.25, -0.2) is 0 Å². The Balaban J connectivity index is 1.90. The lowest BCUT2D eigenvalue weighted by molar-refractivity contribution is 0.210. The molecule has 0 heterocycles. The highest BCUT2D eigenvalue weighted by Crippen LogP contribution is 2.57. The van der Waals surface area contributed by atoms with E-state index in [9.17, 15) is 0 Å². The van der Waals surface area contributed by atoms with E-state index in [0.717, 1.165) is 35.5 Å². The van der Waals surface area contributed by atoms with Gasteiger partial charge in [-0.2, -0.15) is 0 Å². The molecule has 3 fully saturated rings. The summed E-state index contributed by atoms with van der Waals surface area (Å²) in [6, 6.07) is 0. The number of hydrogen-bond donors (Lipinski definition) is 0. The Hall–Kier alpha value is 0.532. The molecule has 0 N–H and O–H groups in total. The summed E-state index contributed by atoms with van der Waals surface area (Å²) < 4.78 is 3.55. The van der Waals surface area contributed by atoms with Crippen LogP contribution in [0, 0.1) is 35.5 Å². The number of rotatable bonds is 9. The summed E-state index contributed by atoms with van der Waals surface area (Å²) in [6.45, 7) is 15.0. The van der Waals surface area contributed by atoms with Crippen LogP contribution < -0.4 is 0 Å². The van der Waals surface area contributed by atoms with Gasteiger partial charge in [0.1, 0.15) is 0 Å². The molecule has 3 aliphatic carbocycles. The summed E-state index contributed by atoms with van der Waals surface area (Å²) in [5, 5.41) is 0. The second kappa shape index (κ2) is 12.8. The molecule has 0 amide bonds. The van der Waals surface area contributed by atoms with Gasteiger partial charge in [-0.1, -0.05) is 151 Å². The second-order valence-electron chi connectivity index (χ2n) is 12.3. The van der Waals surface area contributed by atoms with Gasteiger partial charge >= 0.3 is 0 Å². The molecule has 1 heteroatoms. The lowest BCUT2D eigenvalue weighted by Crippen LogP contribution is -2.45. The number of hydrogen-bond acceptors (Lipinski definition) is 0. The Morgan fingerprint density at radius 3 is 0.935 bits per heavy atom. The summed E-state index contributed by atoms with van der Waals surface area (Å²) in [5.74, 6) is 6.39. The second-order valence-corrected chi connectivity index (χ2v) is 16.1. The first-order valence-electron chi connectivity index (χ1n) is 15.1. The van der Waals surface area contributed by atoms with Crippen LogP contribution in [0.25, 0.3) is 0 Å². The molecule has 31 heavy (non-hydrogen) atoms. The van der Waals surface area contributed by atoms with Crippen LogP contribution in [0.5, 0.6) is 0 Å². The maximum Gasteiger partial charge on any atom is 0.273 e. The molecule has 0 nitrogen and oxygen atoms in total. The standard InChI is InChI=1S/3C10H19.Al/c3*1-3-9-6-5-7-10(4-2)8-9;/h3*6,9-10H,3-5,7-8H2,1-2H3;. The van der Waals surface area contributed by atoms with Crippen LogP contribution in [0.2, 0.25) is 14.3 Å². The van der Waals surface area contributed by atoms with Gasteiger partial charge in [0.15, 0.2) is 0 Å². The Kier molecular flexibility index (Phi) is 10.8. The minimum absolute atomic E-state index is 0.819. The van der Waals surface area contributed by atoms with Gasteiger partial charge in [0.2, 0.25) is 0 Å². The highest BCUT2D eigenvalue weighted by atomic mass is 27.2. The van der Waals surface area contributed by atoms with Crippen molar-refractivity contribution in [3.63, 3.8) is 0 Å². The molecular formula is C30H57Al. The third-order valence-corrected chi connectivity index (χ3v) is 16.8. The molecule has 0 bridgehead atoms. The molecule has 0 aliphatic heterocycles. The predicted molar refractivity (Wildman–Crippen MR) is 141 cm³/mol. The molecule has 180 valence electrons. The smallest absolute Gasteiger partial charge is 0.0789 e. The van der Waals surface area contributed by atoms with E-state index in [-0.39, 0.29) is 0 Å². The predicted octanol–water partition coefficient (Wildman–Crippen LogP) is 10.3. The fourth-order valence-electron chi connectivity index (χ4n) is 9.15. The maximum absolute atomic E-state index is 2.55. The zero-order valence-corrected chi connectivity index (χ0v) is 23.5. The zero-order chi connectivity index (χ0) is 22.4. The van der Waals surface area contributed by atoms with Crippen molar-refractivity contribution in [2.24, 2.45) is 35.5 Å². The Morgan fingerprint density at radius 1 is 0.419 bits per heavy atom. The topological polar surface area (TPSA) is 0 Å². The van der Waals surface area contributed by atoms with Crippen LogP contribution in [0.3, 0.4) is 0 Å². The Morgan fingerprint density at radius 2 is 0.710 bits per heavy atom. The van der Waals surface area contributed by atoms with Crippen LogP contribution in [0.15, 0.2) is 0 Å². The Bertz CT molecular complexity index is 429. The fraction of sp³-hybridized carbons (Fsp3) is 1.00. The maximum atomic E-state index is 2.55. The Labute approximate surface area is 201 Å². The quantitative estimate of drug-likeness (QED) is 0.310. The normalized spacial score (nSPS) is 41.8. The van der Waals surface area contributed by atoms with E-state index < -0.39 is 14.1 Å². The van der Waals surface area contributed by atoms with Gasteiger partial charge in [-0.3, -0.25) is 0 Å². The van der Waals surface area contributed by atoms with Crippen molar-refractivity contribution >= 4 is 14.1 Å². The molecule has 0 aromatic heterocycles. The van der Waals surface area contributed by atoms with E-state index in [0.29, 0.717) is 0 Å². The van der Waals surface area contributed by atoms with E-state index in [1.165, 1.54) is 52.9 Å². The van der Waals surface area contributed by atoms with Crippen molar-refractivity contribution in [1.82, 2.24) is 0 Å². The van der Waals surface area contributed by atoms with Crippen LogP contribution >= 0.6 is 0 Å². The highest BCUT2D eigenvalue weighted by molar-refractivity contribution is 6.64. The van der Waals surface area contributed by atoms with Gasteiger partial charge in [0.25, 0.3) is 14.1 Å². The SMILES string of the molecule is CCC1CC[CH]([Al]([CH]2CCC(CC)CC2CC)[CH]2CCC(CC)CC2CC)C(CC)C1. The van der Waals surface area contributed by atoms with Crippen molar-refractivity contribution < 1.29 is 0 Å². The first-order chi connectivity index (χ1) is 15.1. The van der Waals surface area contributed by atoms with Crippen molar-refractivity contribution in [1.29, 1.82) is 0 Å². The van der Waals surface area contributed by atoms with Crippen LogP contribution in [-0.4, -0.2) is 14.1 Å². The molecule has 3 rings (SSSR count). The summed E-state index contributed by atoms with van der Waals surface area (Å²) in [7, 11) is 0. The molecule has 9 unspecified atom stereocenters. The molecule has 9 atom stereocenters. The average molecular weight is 445 g/mol. The van der Waals surface area contributed by atoms with E-state index in [1.807, 2.05) is 0 Å². The van der Waals surface area contributed by atoms with E-state index >= 15 is 0 Å². The van der Waals surface area contributed by atoms with Crippen molar-refractivity contribution in [3.05, 3.63) is 0 Å². The monoisotopic (exact) mass is 444 g/mol. The first kappa shape index (κ1) is 26.1. The van der Waals surface area contributed by atoms with E-state index in [4.69, 9.17) is 0 Å². The summed E-state index contributed by atoms with van der Waals surface area (Å²) >= 11 is -0.819. The van der Waals surface area contributed by atoms with Gasteiger partial charge in [0, 0.05) is 0 Å². The average Bonchev–Trinajstić information content (AvgIpc) is 2.84. The van der Waals surface area contributed by atoms with E-state index in [2.05, 4.69) is 41.5 Å². The third kappa shape index (κ3) is 6.16. The summed E-state index contributed by atoms with van der Waals surface area (Å²) in [4.78, 5) is 0. The largest absolute Gasteiger partial charge is 0.273 e. The van der Waals surface area contributed by atoms with Gasteiger partial charge in [0.05, 0.1) is 0 Å². The minimum atomic E-state index is -0.819. The van der Waals surface area contributed by atoms with Crippen molar-refractivity contribution in [2.45, 2.75) is 152 Å². The lowest BCUT2D eigenvalue weighted by Gasteiger charge is -2.51. The molecule has 0 spiro atoms. The molecule has 0 saturated heterocycles. The molecular weight excluding hydrogens is 387 g/mol. The third-order valence-electron chi connectivity index (χ3n) is 11.2. The summed E-state index contributed by atoms with van der Waals surface area (Å²) in [6.07, 6.45) is 23.1. The highest BCUT2D eigenvalue weighted by Gasteiger charge is 2.51. The van der Waals surface area contributed by atoms with Crippen LogP contribution in [-0.2, 0) is 0 Å². The van der Waals surface area contributed by atoms with Gasteiger partial charge < -0.3 is 0 Å². The molecule has 3 saturated carbocycles. The summed E-state index contributed by atoms with van der Waals surface area (Å²) in [5.41, 5.74) is 0. The minimum Gasteiger partial charge on any atom is -0.0789 e. The van der Waals surface area contributed by atoms with E-state index in [1.54, 1.807) is 57.8 Å². The van der Waals surface area contributed by atoms with Crippen LogP contribution in [0.4, 0.5) is 0 Å². The van der Waals surface area contributed by atoms with Crippen molar-refractivity contribution in [2.75, 3.05) is 0 Å². The lowest BCUT2D eigenvalue weighted by atomic mass is 9.77. The molecule has 0 radical (unpaired) electrons. The van der Waals surface area contributed by atoms with Gasteiger partial charge in [-0.15, -0.1) is 0 Å². The zero-order valence-electron chi connectivity index (χ0n) is 22.4. The molecule has 3 aliphatic rings. The van der Waals surface area contributed by atoms with Gasteiger partial charge in [-0.05, 0) is 37.0 Å². The van der Waals surface area contributed by atoms with Crippen LogP contribution in [0.1, 0.15) is 138 Å². The first-order valence-corrected chi connectivity index (χ1v) is 17.1.